The molecule has 3 heteroatoms. The van der Waals surface area contributed by atoms with Crippen LogP contribution in [0.1, 0.15) is 6.92 Å². The second kappa shape index (κ2) is 3.44. The van der Waals surface area contributed by atoms with Crippen molar-refractivity contribution in [2.24, 2.45) is 5.92 Å². The highest BCUT2D eigenvalue weighted by atomic mass is 32.1. The average Bonchev–Trinajstić information content (AvgIpc) is 1.60. The van der Waals surface area contributed by atoms with Crippen LogP contribution in [0.15, 0.2) is 0 Å². The predicted octanol–water partition coefficient (Wildman–Crippen LogP) is 0.0712. The number of rotatable bonds is 3. The van der Waals surface area contributed by atoms with E-state index < -0.39 is 0 Å². The van der Waals surface area contributed by atoms with E-state index in [0.717, 1.165) is 12.5 Å². The summed E-state index contributed by atoms with van der Waals surface area (Å²) >= 11 is 4.20. The number of hydrogen-bond acceptors (Lipinski definition) is 3. The molecular weight excluding hydrogens is 132 g/mol. The first-order valence-electron chi connectivity index (χ1n) is 3.41. The van der Waals surface area contributed by atoms with Crippen LogP contribution in [0.5, 0.6) is 0 Å². The first kappa shape index (κ1) is 7.38. The van der Waals surface area contributed by atoms with E-state index in [2.05, 4.69) is 30.2 Å². The largest absolute Gasteiger partial charge is 0.316 e. The molecule has 2 nitrogen and oxygen atoms in total. The highest BCUT2D eigenvalue weighted by Gasteiger charge is 2.15. The molecule has 54 valence electrons. The van der Waals surface area contributed by atoms with E-state index in [1.54, 1.807) is 0 Å². The normalized spacial score (nSPS) is 23.3. The molecule has 0 saturated carbocycles. The smallest absolute Gasteiger partial charge is 0.0473 e. The van der Waals surface area contributed by atoms with Gasteiger partial charge in [-0.05, 0) is 12.8 Å². The lowest BCUT2D eigenvalue weighted by Gasteiger charge is -2.27. The van der Waals surface area contributed by atoms with Gasteiger partial charge < -0.3 is 10.6 Å². The maximum Gasteiger partial charge on any atom is 0.0473 e. The van der Waals surface area contributed by atoms with E-state index in [-0.39, 0.29) is 0 Å². The molecule has 1 fully saturated rings. The summed E-state index contributed by atoms with van der Waals surface area (Å²) in [5, 5.41) is 6.83. The van der Waals surface area contributed by atoms with Crippen molar-refractivity contribution in [1.82, 2.24) is 10.6 Å². The Bertz CT molecular complexity index is 81.1. The van der Waals surface area contributed by atoms with Crippen LogP contribution in [0.4, 0.5) is 0 Å². The first-order chi connectivity index (χ1) is 4.29. The van der Waals surface area contributed by atoms with Crippen LogP contribution in [0, 0.1) is 5.92 Å². The van der Waals surface area contributed by atoms with Gasteiger partial charge in [0.25, 0.3) is 0 Å². The first-order valence-corrected chi connectivity index (χ1v) is 3.93. The minimum absolute atomic E-state index is 0.339. The fourth-order valence-electron chi connectivity index (χ4n) is 0.830. The van der Waals surface area contributed by atoms with Gasteiger partial charge >= 0.3 is 0 Å². The molecule has 1 aliphatic heterocycles. The topological polar surface area (TPSA) is 24.1 Å². The van der Waals surface area contributed by atoms with Gasteiger partial charge in [-0.25, -0.2) is 0 Å². The summed E-state index contributed by atoms with van der Waals surface area (Å²) in [6.45, 7) is 5.51. The van der Waals surface area contributed by atoms with E-state index >= 15 is 0 Å². The van der Waals surface area contributed by atoms with Gasteiger partial charge in [0.05, 0.1) is 0 Å². The summed E-state index contributed by atoms with van der Waals surface area (Å²) in [5.41, 5.74) is 0. The maximum atomic E-state index is 4.20. The highest BCUT2D eigenvalue weighted by Crippen LogP contribution is 2.00. The second-order valence-corrected chi connectivity index (χ2v) is 3.38. The Kier molecular flexibility index (Phi) is 2.82. The van der Waals surface area contributed by atoms with Crippen molar-refractivity contribution in [2.45, 2.75) is 12.3 Å². The Labute approximate surface area is 61.8 Å². The summed E-state index contributed by atoms with van der Waals surface area (Å²) in [4.78, 5) is 0. The maximum absolute atomic E-state index is 4.20. The van der Waals surface area contributed by atoms with Crippen molar-refractivity contribution >= 4 is 12.6 Å². The predicted molar refractivity (Wildman–Crippen MR) is 42.8 cm³/mol. The van der Waals surface area contributed by atoms with Crippen LogP contribution >= 0.6 is 12.6 Å². The zero-order chi connectivity index (χ0) is 6.69. The quantitative estimate of drug-likeness (QED) is 0.388. The molecule has 0 aromatic rings. The average molecular weight is 146 g/mol. The SMILES string of the molecule is CC(S)NCC1CNC1. The highest BCUT2D eigenvalue weighted by molar-refractivity contribution is 7.80. The van der Waals surface area contributed by atoms with Gasteiger partial charge in [-0.1, -0.05) is 0 Å². The summed E-state index contributed by atoms with van der Waals surface area (Å²) in [5.74, 6) is 0.847. The Morgan fingerprint density at radius 2 is 2.44 bits per heavy atom. The summed E-state index contributed by atoms with van der Waals surface area (Å²) < 4.78 is 0. The van der Waals surface area contributed by atoms with Crippen LogP contribution < -0.4 is 10.6 Å². The molecule has 0 spiro atoms. The zero-order valence-corrected chi connectivity index (χ0v) is 6.62. The Balaban J connectivity index is 1.91. The molecule has 0 radical (unpaired) electrons. The van der Waals surface area contributed by atoms with Crippen molar-refractivity contribution in [3.05, 3.63) is 0 Å². The van der Waals surface area contributed by atoms with Crippen LogP contribution in [0.2, 0.25) is 0 Å². The Morgan fingerprint density at radius 3 is 2.78 bits per heavy atom. The molecule has 1 saturated heterocycles. The van der Waals surface area contributed by atoms with E-state index in [0.29, 0.717) is 5.37 Å². The second-order valence-electron chi connectivity index (χ2n) is 2.61. The zero-order valence-electron chi connectivity index (χ0n) is 5.72. The Morgan fingerprint density at radius 1 is 1.78 bits per heavy atom. The monoisotopic (exact) mass is 146 g/mol. The minimum atomic E-state index is 0.339. The van der Waals surface area contributed by atoms with Gasteiger partial charge in [0.2, 0.25) is 0 Å². The molecular formula is C6H14N2S. The van der Waals surface area contributed by atoms with Crippen molar-refractivity contribution in [3.8, 4) is 0 Å². The molecule has 0 aromatic carbocycles. The number of nitrogens with one attached hydrogen (secondary N) is 2. The standard InChI is InChI=1S/C6H14N2S/c1-5(9)8-4-6-2-7-3-6/h5-9H,2-4H2,1H3. The van der Waals surface area contributed by atoms with Crippen LogP contribution in [-0.4, -0.2) is 25.0 Å². The van der Waals surface area contributed by atoms with Gasteiger partial charge in [-0.2, -0.15) is 12.6 Å². The molecule has 0 amide bonds. The molecule has 1 rings (SSSR count). The molecule has 1 atom stereocenters. The van der Waals surface area contributed by atoms with Gasteiger partial charge in [-0.15, -0.1) is 0 Å². The van der Waals surface area contributed by atoms with Crippen molar-refractivity contribution in [3.63, 3.8) is 0 Å². The summed E-state index contributed by atoms with van der Waals surface area (Å²) in [7, 11) is 0. The van der Waals surface area contributed by atoms with Crippen LogP contribution in [0.3, 0.4) is 0 Å². The van der Waals surface area contributed by atoms with Gasteiger partial charge in [-0.3, -0.25) is 0 Å². The van der Waals surface area contributed by atoms with Gasteiger partial charge in [0, 0.05) is 25.0 Å². The lowest BCUT2D eigenvalue weighted by Crippen LogP contribution is -2.47. The molecule has 2 N–H and O–H groups in total. The van der Waals surface area contributed by atoms with Crippen molar-refractivity contribution in [2.75, 3.05) is 19.6 Å². The third-order valence-corrected chi connectivity index (χ3v) is 1.75. The number of hydrogen-bond donors (Lipinski definition) is 3. The number of thiol groups is 1. The van der Waals surface area contributed by atoms with E-state index in [9.17, 15) is 0 Å². The van der Waals surface area contributed by atoms with E-state index in [1.807, 2.05) is 0 Å². The summed E-state index contributed by atoms with van der Waals surface area (Å²) in [6.07, 6.45) is 0. The molecule has 1 heterocycles. The molecule has 0 bridgehead atoms. The molecule has 0 aliphatic carbocycles. The fourth-order valence-corrected chi connectivity index (χ4v) is 0.935. The third kappa shape index (κ3) is 2.56. The van der Waals surface area contributed by atoms with Gasteiger partial charge in [0.1, 0.15) is 0 Å². The van der Waals surface area contributed by atoms with Gasteiger partial charge in [0.15, 0.2) is 0 Å². The van der Waals surface area contributed by atoms with Crippen molar-refractivity contribution < 1.29 is 0 Å². The summed E-state index contributed by atoms with van der Waals surface area (Å²) in [6, 6.07) is 0. The van der Waals surface area contributed by atoms with Crippen molar-refractivity contribution in [1.29, 1.82) is 0 Å². The van der Waals surface area contributed by atoms with Crippen LogP contribution in [0.25, 0.3) is 0 Å². The molecule has 9 heavy (non-hydrogen) atoms. The van der Waals surface area contributed by atoms with E-state index in [1.165, 1.54) is 13.1 Å². The Hall–Kier alpha value is 0.270. The van der Waals surface area contributed by atoms with E-state index in [4.69, 9.17) is 0 Å². The minimum Gasteiger partial charge on any atom is -0.316 e. The third-order valence-electron chi connectivity index (χ3n) is 1.57. The molecule has 1 aliphatic rings. The molecule has 1 unspecified atom stereocenters. The fraction of sp³-hybridized carbons (Fsp3) is 1.00. The lowest BCUT2D eigenvalue weighted by molar-refractivity contribution is 0.331. The lowest BCUT2D eigenvalue weighted by atomic mass is 10.0. The van der Waals surface area contributed by atoms with Crippen LogP contribution in [-0.2, 0) is 0 Å². The molecule has 0 aromatic heterocycles.